The highest BCUT2D eigenvalue weighted by Crippen LogP contribution is 2.25. The zero-order valence-electron chi connectivity index (χ0n) is 18.2. The number of rotatable bonds is 4. The summed E-state index contributed by atoms with van der Waals surface area (Å²) in [5.41, 5.74) is 1.55. The molecule has 1 atom stereocenters. The highest BCUT2D eigenvalue weighted by atomic mass is 16.2. The number of benzene rings is 2. The average Bonchev–Trinajstić information content (AvgIpc) is 2.85. The molecule has 2 saturated heterocycles. The lowest BCUT2D eigenvalue weighted by Crippen LogP contribution is -2.49. The van der Waals surface area contributed by atoms with Gasteiger partial charge in [0.15, 0.2) is 0 Å². The van der Waals surface area contributed by atoms with Crippen LogP contribution in [0, 0.1) is 11.8 Å². The van der Waals surface area contributed by atoms with Gasteiger partial charge in [-0.15, -0.1) is 0 Å². The third-order valence-electron chi connectivity index (χ3n) is 6.30. The molecule has 168 valence electrons. The third kappa shape index (κ3) is 5.46. The van der Waals surface area contributed by atoms with E-state index in [4.69, 9.17) is 0 Å². The molecule has 0 spiro atoms. The first-order valence-corrected chi connectivity index (χ1v) is 11.4. The van der Waals surface area contributed by atoms with E-state index in [0.717, 1.165) is 24.2 Å². The Kier molecular flexibility index (Phi) is 7.04. The first-order valence-electron chi connectivity index (χ1n) is 11.4. The van der Waals surface area contributed by atoms with Crippen LogP contribution in [0.15, 0.2) is 60.7 Å². The maximum Gasteiger partial charge on any atom is 0.321 e. The lowest BCUT2D eigenvalue weighted by atomic mass is 9.92. The Morgan fingerprint density at radius 2 is 1.28 bits per heavy atom. The Hall–Kier alpha value is -3.35. The molecule has 2 N–H and O–H groups in total. The SMILES string of the molecule is O=C(Nc1ccccc1)[C@@H]1CCCN(C(=O)C2CCN(C(=O)Nc3ccccc3)CC2)C1. The highest BCUT2D eigenvalue weighted by molar-refractivity contribution is 5.93. The molecule has 0 aromatic heterocycles. The summed E-state index contributed by atoms with van der Waals surface area (Å²) >= 11 is 0. The molecule has 0 bridgehead atoms. The van der Waals surface area contributed by atoms with Crippen LogP contribution < -0.4 is 10.6 Å². The van der Waals surface area contributed by atoms with Crippen molar-refractivity contribution in [1.82, 2.24) is 9.80 Å². The molecule has 7 nitrogen and oxygen atoms in total. The van der Waals surface area contributed by atoms with Gasteiger partial charge in [0.2, 0.25) is 11.8 Å². The second-order valence-corrected chi connectivity index (χ2v) is 8.54. The molecule has 2 aromatic carbocycles. The number of para-hydroxylation sites is 2. The quantitative estimate of drug-likeness (QED) is 0.768. The Bertz CT molecular complexity index is 927. The van der Waals surface area contributed by atoms with Gasteiger partial charge in [-0.25, -0.2) is 4.79 Å². The Balaban J connectivity index is 1.26. The van der Waals surface area contributed by atoms with Crippen LogP contribution in [-0.2, 0) is 9.59 Å². The van der Waals surface area contributed by atoms with Crippen molar-refractivity contribution in [2.75, 3.05) is 36.8 Å². The number of hydrogen-bond acceptors (Lipinski definition) is 3. The predicted molar refractivity (Wildman–Crippen MR) is 124 cm³/mol. The molecular formula is C25H30N4O3. The minimum atomic E-state index is -0.190. The van der Waals surface area contributed by atoms with Gasteiger partial charge in [-0.3, -0.25) is 9.59 Å². The second-order valence-electron chi connectivity index (χ2n) is 8.54. The summed E-state index contributed by atoms with van der Waals surface area (Å²) in [6.07, 6.45) is 2.92. The van der Waals surface area contributed by atoms with Gasteiger partial charge in [-0.05, 0) is 49.9 Å². The molecular weight excluding hydrogens is 404 g/mol. The van der Waals surface area contributed by atoms with E-state index in [1.807, 2.05) is 65.6 Å². The Morgan fingerprint density at radius 1 is 0.688 bits per heavy atom. The van der Waals surface area contributed by atoms with Crippen molar-refractivity contribution < 1.29 is 14.4 Å². The number of anilines is 2. The van der Waals surface area contributed by atoms with Crippen LogP contribution in [0.5, 0.6) is 0 Å². The number of likely N-dealkylation sites (tertiary alicyclic amines) is 2. The summed E-state index contributed by atoms with van der Waals surface area (Å²) in [5, 5.41) is 5.87. The summed E-state index contributed by atoms with van der Waals surface area (Å²) in [7, 11) is 0. The predicted octanol–water partition coefficient (Wildman–Crippen LogP) is 3.81. The van der Waals surface area contributed by atoms with Crippen molar-refractivity contribution in [1.29, 1.82) is 0 Å². The van der Waals surface area contributed by atoms with Crippen LogP contribution in [0.3, 0.4) is 0 Å². The molecule has 0 unspecified atom stereocenters. The number of urea groups is 1. The Morgan fingerprint density at radius 3 is 1.91 bits per heavy atom. The van der Waals surface area contributed by atoms with Crippen molar-refractivity contribution in [3.05, 3.63) is 60.7 Å². The first-order chi connectivity index (χ1) is 15.6. The number of nitrogens with zero attached hydrogens (tertiary/aromatic N) is 2. The van der Waals surface area contributed by atoms with E-state index < -0.39 is 0 Å². The highest BCUT2D eigenvalue weighted by Gasteiger charge is 2.34. The molecule has 4 rings (SSSR count). The van der Waals surface area contributed by atoms with E-state index in [9.17, 15) is 14.4 Å². The average molecular weight is 435 g/mol. The molecule has 7 heteroatoms. The number of carbonyl (C=O) groups excluding carboxylic acids is 3. The van der Waals surface area contributed by atoms with Crippen molar-refractivity contribution >= 4 is 29.2 Å². The van der Waals surface area contributed by atoms with Crippen LogP contribution in [-0.4, -0.2) is 53.8 Å². The van der Waals surface area contributed by atoms with Gasteiger partial charge in [0.25, 0.3) is 0 Å². The van der Waals surface area contributed by atoms with Crippen LogP contribution in [0.1, 0.15) is 25.7 Å². The fourth-order valence-corrected chi connectivity index (χ4v) is 4.47. The number of piperidine rings is 2. The van der Waals surface area contributed by atoms with Crippen molar-refractivity contribution in [3.63, 3.8) is 0 Å². The number of hydrogen-bond donors (Lipinski definition) is 2. The molecule has 0 saturated carbocycles. The fourth-order valence-electron chi connectivity index (χ4n) is 4.47. The lowest BCUT2D eigenvalue weighted by Gasteiger charge is -2.37. The third-order valence-corrected chi connectivity index (χ3v) is 6.30. The maximum atomic E-state index is 13.1. The van der Waals surface area contributed by atoms with Gasteiger partial charge < -0.3 is 20.4 Å². The van der Waals surface area contributed by atoms with Crippen molar-refractivity contribution in [2.24, 2.45) is 11.8 Å². The van der Waals surface area contributed by atoms with Crippen molar-refractivity contribution in [3.8, 4) is 0 Å². The molecule has 2 aliphatic heterocycles. The standard InChI is InChI=1S/C25H30N4O3/c30-23(26-21-9-3-1-4-10-21)20-8-7-15-29(18-20)24(31)19-13-16-28(17-14-19)25(32)27-22-11-5-2-6-12-22/h1-6,9-12,19-20H,7-8,13-18H2,(H,26,30)(H,27,32)/t20-/m1/s1. The smallest absolute Gasteiger partial charge is 0.321 e. The summed E-state index contributed by atoms with van der Waals surface area (Å²) in [6.45, 7) is 2.27. The summed E-state index contributed by atoms with van der Waals surface area (Å²) in [5.74, 6) is -0.192. The fraction of sp³-hybridized carbons (Fsp3) is 0.400. The van der Waals surface area contributed by atoms with Crippen LogP contribution in [0.4, 0.5) is 16.2 Å². The second kappa shape index (κ2) is 10.3. The molecule has 4 amide bonds. The zero-order chi connectivity index (χ0) is 22.3. The number of carbonyl (C=O) groups is 3. The van der Waals surface area contributed by atoms with E-state index in [1.54, 1.807) is 4.90 Å². The summed E-state index contributed by atoms with van der Waals surface area (Å²) in [6, 6.07) is 18.7. The van der Waals surface area contributed by atoms with E-state index >= 15 is 0 Å². The molecule has 2 fully saturated rings. The molecule has 32 heavy (non-hydrogen) atoms. The van der Waals surface area contributed by atoms with Crippen molar-refractivity contribution in [2.45, 2.75) is 25.7 Å². The molecule has 2 aromatic rings. The topological polar surface area (TPSA) is 81.8 Å². The number of nitrogens with one attached hydrogen (secondary N) is 2. The minimum absolute atomic E-state index is 0.0268. The Labute approximate surface area is 188 Å². The van der Waals surface area contributed by atoms with Gasteiger partial charge in [0, 0.05) is 43.5 Å². The van der Waals surface area contributed by atoms with E-state index in [-0.39, 0.29) is 29.7 Å². The minimum Gasteiger partial charge on any atom is -0.342 e. The van der Waals surface area contributed by atoms with E-state index in [2.05, 4.69) is 10.6 Å². The van der Waals surface area contributed by atoms with Crippen LogP contribution >= 0.6 is 0 Å². The zero-order valence-corrected chi connectivity index (χ0v) is 18.2. The van der Waals surface area contributed by atoms with E-state index in [1.165, 1.54) is 0 Å². The molecule has 2 aliphatic rings. The van der Waals surface area contributed by atoms with Gasteiger partial charge >= 0.3 is 6.03 Å². The lowest BCUT2D eigenvalue weighted by molar-refractivity contribution is -0.139. The molecule has 0 radical (unpaired) electrons. The monoisotopic (exact) mass is 434 g/mol. The van der Waals surface area contributed by atoms with Crippen LogP contribution in [0.25, 0.3) is 0 Å². The summed E-state index contributed by atoms with van der Waals surface area (Å²) < 4.78 is 0. The maximum absolute atomic E-state index is 13.1. The summed E-state index contributed by atoms with van der Waals surface area (Å²) in [4.78, 5) is 41.9. The molecule has 0 aliphatic carbocycles. The van der Waals surface area contributed by atoms with Gasteiger partial charge in [0.1, 0.15) is 0 Å². The van der Waals surface area contributed by atoms with Gasteiger partial charge in [0.05, 0.1) is 5.92 Å². The first kappa shape index (κ1) is 21.9. The number of amides is 4. The molecule has 2 heterocycles. The van der Waals surface area contributed by atoms with Gasteiger partial charge in [-0.2, -0.15) is 0 Å². The van der Waals surface area contributed by atoms with Crippen LogP contribution in [0.2, 0.25) is 0 Å². The van der Waals surface area contributed by atoms with E-state index in [0.29, 0.717) is 39.0 Å². The normalized spacial score (nSPS) is 19.3. The largest absolute Gasteiger partial charge is 0.342 e. The van der Waals surface area contributed by atoms with Gasteiger partial charge in [-0.1, -0.05) is 36.4 Å².